The second-order valence-corrected chi connectivity index (χ2v) is 8.63. The van der Waals surface area contributed by atoms with Crippen LogP contribution in [0, 0.1) is 0 Å². The van der Waals surface area contributed by atoms with E-state index in [0.717, 1.165) is 12.2 Å². The Morgan fingerprint density at radius 3 is 2.59 bits per heavy atom. The molecule has 1 aromatic heterocycles. The van der Waals surface area contributed by atoms with Crippen LogP contribution in [0.25, 0.3) is 10.4 Å². The van der Waals surface area contributed by atoms with Crippen molar-refractivity contribution in [3.63, 3.8) is 0 Å². The molecular weight excluding hydrogens is 350 g/mol. The van der Waals surface area contributed by atoms with Crippen LogP contribution in [-0.2, 0) is 13.0 Å². The highest BCUT2D eigenvalue weighted by molar-refractivity contribution is 7.13. The van der Waals surface area contributed by atoms with Gasteiger partial charge in [0.25, 0.3) is 0 Å². The van der Waals surface area contributed by atoms with Crippen LogP contribution >= 0.6 is 11.3 Å². The number of ether oxygens (including phenoxy) is 1. The molecule has 0 saturated heterocycles. The quantitative estimate of drug-likeness (QED) is 0.543. The van der Waals surface area contributed by atoms with E-state index in [9.17, 15) is 0 Å². The highest BCUT2D eigenvalue weighted by Gasteiger charge is 2.27. The summed E-state index contributed by atoms with van der Waals surface area (Å²) >= 11 is 1.77. The molecular formula is C24H27NOS. The average Bonchev–Trinajstić information content (AvgIpc) is 3.21. The number of likely N-dealkylation sites (N-methyl/N-ethyl adjacent to an activating group) is 1. The van der Waals surface area contributed by atoms with Crippen LogP contribution in [0.1, 0.15) is 36.0 Å². The van der Waals surface area contributed by atoms with Gasteiger partial charge in [0.1, 0.15) is 12.4 Å². The summed E-state index contributed by atoms with van der Waals surface area (Å²) in [7, 11) is 4.38. The molecule has 0 amide bonds. The van der Waals surface area contributed by atoms with Crippen molar-refractivity contribution in [1.82, 2.24) is 4.90 Å². The van der Waals surface area contributed by atoms with Gasteiger partial charge in [-0.2, -0.15) is 0 Å². The third kappa shape index (κ3) is 3.95. The van der Waals surface area contributed by atoms with Gasteiger partial charge >= 0.3 is 0 Å². The third-order valence-electron chi connectivity index (χ3n) is 5.72. The van der Waals surface area contributed by atoms with Gasteiger partial charge in [0.2, 0.25) is 0 Å². The minimum Gasteiger partial charge on any atom is -0.489 e. The lowest BCUT2D eigenvalue weighted by molar-refractivity contribution is 0.236. The van der Waals surface area contributed by atoms with Crippen LogP contribution in [0.2, 0.25) is 0 Å². The minimum atomic E-state index is 0.572. The molecule has 4 rings (SSSR count). The predicted octanol–water partition coefficient (Wildman–Crippen LogP) is 5.97. The number of nitrogens with zero attached hydrogens (tertiary/aromatic N) is 1. The van der Waals surface area contributed by atoms with E-state index in [1.54, 1.807) is 11.3 Å². The van der Waals surface area contributed by atoms with Crippen molar-refractivity contribution in [2.45, 2.75) is 38.3 Å². The van der Waals surface area contributed by atoms with Crippen molar-refractivity contribution < 1.29 is 4.74 Å². The van der Waals surface area contributed by atoms with E-state index in [1.165, 1.54) is 33.6 Å². The van der Waals surface area contributed by atoms with Crippen molar-refractivity contribution in [2.75, 3.05) is 14.1 Å². The van der Waals surface area contributed by atoms with Crippen LogP contribution in [0.3, 0.4) is 0 Å². The van der Waals surface area contributed by atoms with Crippen molar-refractivity contribution in [3.8, 4) is 16.2 Å². The number of benzene rings is 2. The Labute approximate surface area is 166 Å². The minimum absolute atomic E-state index is 0.572. The maximum absolute atomic E-state index is 6.09. The molecule has 1 heterocycles. The molecule has 0 spiro atoms. The summed E-state index contributed by atoms with van der Waals surface area (Å²) in [6, 6.07) is 20.2. The van der Waals surface area contributed by atoms with Gasteiger partial charge in [-0.1, -0.05) is 43.3 Å². The van der Waals surface area contributed by atoms with Crippen LogP contribution in [-0.4, -0.2) is 25.0 Å². The van der Waals surface area contributed by atoms with Gasteiger partial charge in [0.15, 0.2) is 0 Å². The first-order chi connectivity index (χ1) is 13.1. The van der Waals surface area contributed by atoms with Crippen molar-refractivity contribution >= 4 is 11.3 Å². The molecule has 1 aliphatic carbocycles. The van der Waals surface area contributed by atoms with Gasteiger partial charge in [-0.15, -0.1) is 11.3 Å². The molecule has 3 aromatic rings. The van der Waals surface area contributed by atoms with Crippen molar-refractivity contribution in [1.29, 1.82) is 0 Å². The molecule has 0 N–H and O–H groups in total. The lowest BCUT2D eigenvalue weighted by Gasteiger charge is -2.35. The van der Waals surface area contributed by atoms with Crippen LogP contribution in [0.4, 0.5) is 0 Å². The number of hydrogen-bond acceptors (Lipinski definition) is 3. The second-order valence-electron chi connectivity index (χ2n) is 7.68. The van der Waals surface area contributed by atoms with E-state index in [-0.39, 0.29) is 0 Å². The van der Waals surface area contributed by atoms with E-state index in [1.807, 2.05) is 0 Å². The Balaban J connectivity index is 1.42. The highest BCUT2D eigenvalue weighted by Crippen LogP contribution is 2.35. The van der Waals surface area contributed by atoms with Gasteiger partial charge in [0, 0.05) is 10.9 Å². The molecule has 0 fully saturated rings. The summed E-state index contributed by atoms with van der Waals surface area (Å²) in [5.74, 6) is 1.55. The van der Waals surface area contributed by atoms with E-state index in [2.05, 4.69) is 85.9 Å². The summed E-state index contributed by atoms with van der Waals surface area (Å²) in [5, 5.41) is 2.12. The molecule has 1 aliphatic rings. The second kappa shape index (κ2) is 7.87. The van der Waals surface area contributed by atoms with Crippen LogP contribution in [0.15, 0.2) is 60.0 Å². The normalized spacial score (nSPS) is 19.1. The fourth-order valence-corrected chi connectivity index (χ4v) is 4.91. The zero-order valence-corrected chi connectivity index (χ0v) is 17.1. The molecule has 2 atom stereocenters. The molecule has 2 unspecified atom stereocenters. The summed E-state index contributed by atoms with van der Waals surface area (Å²) in [5.41, 5.74) is 5.40. The maximum atomic E-state index is 6.09. The first-order valence-corrected chi connectivity index (χ1v) is 10.5. The molecule has 3 heteroatoms. The van der Waals surface area contributed by atoms with Gasteiger partial charge in [0.05, 0.1) is 0 Å². The fraction of sp³-hybridized carbons (Fsp3) is 0.333. The number of thiophene rings is 1. The summed E-state index contributed by atoms with van der Waals surface area (Å²) in [6.07, 6.45) is 2.35. The maximum Gasteiger partial charge on any atom is 0.120 e. The standard InChI is InChI=1S/C24H27NOS/c1-17-22-12-11-21(15-20(22)10-13-23(17)25(2)3)26-16-18-6-8-19(9-7-18)24-5-4-14-27-24/h4-9,11-12,14-15,17,23H,10,13,16H2,1-3H3. The van der Waals surface area contributed by atoms with E-state index < -0.39 is 0 Å². The fourth-order valence-electron chi connectivity index (χ4n) is 4.17. The van der Waals surface area contributed by atoms with Gasteiger partial charge in [-0.3, -0.25) is 0 Å². The molecule has 27 heavy (non-hydrogen) atoms. The Kier molecular flexibility index (Phi) is 5.33. The Bertz CT molecular complexity index is 883. The van der Waals surface area contributed by atoms with Gasteiger partial charge in [-0.25, -0.2) is 0 Å². The first kappa shape index (κ1) is 18.3. The summed E-state index contributed by atoms with van der Waals surface area (Å²) in [6.45, 7) is 2.96. The molecule has 0 bridgehead atoms. The summed E-state index contributed by atoms with van der Waals surface area (Å²) in [4.78, 5) is 3.67. The molecule has 140 valence electrons. The topological polar surface area (TPSA) is 12.5 Å². The van der Waals surface area contributed by atoms with E-state index >= 15 is 0 Å². The lowest BCUT2D eigenvalue weighted by atomic mass is 9.80. The molecule has 2 nitrogen and oxygen atoms in total. The monoisotopic (exact) mass is 377 g/mol. The number of hydrogen-bond donors (Lipinski definition) is 0. The Morgan fingerprint density at radius 1 is 1.07 bits per heavy atom. The van der Waals surface area contributed by atoms with Gasteiger partial charge < -0.3 is 9.64 Å². The highest BCUT2D eigenvalue weighted by atomic mass is 32.1. The Morgan fingerprint density at radius 2 is 1.89 bits per heavy atom. The zero-order chi connectivity index (χ0) is 18.8. The molecule has 2 aromatic carbocycles. The number of fused-ring (bicyclic) bond motifs is 1. The number of rotatable bonds is 5. The smallest absolute Gasteiger partial charge is 0.120 e. The first-order valence-electron chi connectivity index (χ1n) is 9.66. The summed E-state index contributed by atoms with van der Waals surface area (Å²) < 4.78 is 6.09. The van der Waals surface area contributed by atoms with E-state index in [0.29, 0.717) is 18.6 Å². The SMILES string of the molecule is CC1c2ccc(OCc3ccc(-c4cccs4)cc3)cc2CCC1N(C)C. The third-order valence-corrected chi connectivity index (χ3v) is 6.64. The van der Waals surface area contributed by atoms with Gasteiger partial charge in [-0.05, 0) is 78.7 Å². The largest absolute Gasteiger partial charge is 0.489 e. The molecule has 0 aliphatic heterocycles. The molecule has 0 radical (unpaired) electrons. The van der Waals surface area contributed by atoms with Crippen LogP contribution in [0.5, 0.6) is 5.75 Å². The van der Waals surface area contributed by atoms with E-state index in [4.69, 9.17) is 4.74 Å². The zero-order valence-electron chi connectivity index (χ0n) is 16.3. The van der Waals surface area contributed by atoms with Crippen molar-refractivity contribution in [2.24, 2.45) is 0 Å². The predicted molar refractivity (Wildman–Crippen MR) is 115 cm³/mol. The van der Waals surface area contributed by atoms with Crippen LogP contribution < -0.4 is 4.74 Å². The number of aryl methyl sites for hydroxylation is 1. The molecule has 0 saturated carbocycles. The Hall–Kier alpha value is -2.10. The average molecular weight is 378 g/mol. The van der Waals surface area contributed by atoms with Crippen molar-refractivity contribution in [3.05, 3.63) is 76.7 Å². The lowest BCUT2D eigenvalue weighted by Crippen LogP contribution is -2.36.